The fraction of sp³-hybridized carbons (Fsp3) is 0.786. The van der Waals surface area contributed by atoms with Gasteiger partial charge >= 0.3 is 0 Å². The molecule has 1 aromatic heterocycles. The number of thiazole rings is 1. The Morgan fingerprint density at radius 3 is 2.70 bits per heavy atom. The van der Waals surface area contributed by atoms with Gasteiger partial charge in [-0.25, -0.2) is 4.98 Å². The topological polar surface area (TPSA) is 54.6 Å². The van der Waals surface area contributed by atoms with Crippen molar-refractivity contribution in [2.24, 2.45) is 5.73 Å². The molecule has 0 saturated carbocycles. The summed E-state index contributed by atoms with van der Waals surface area (Å²) in [5.74, 6) is 0. The first-order chi connectivity index (χ1) is 9.69. The van der Waals surface area contributed by atoms with Crippen LogP contribution in [0.1, 0.15) is 30.3 Å². The van der Waals surface area contributed by atoms with Gasteiger partial charge in [0.2, 0.25) is 0 Å². The Hall–Kier alpha value is -0.690. The number of piperidine rings is 1. The molecule has 2 heterocycles. The maximum absolute atomic E-state index is 5.80. The predicted octanol–water partition coefficient (Wildman–Crippen LogP) is 1.67. The average molecular weight is 298 g/mol. The molecule has 0 radical (unpaired) electrons. The second-order valence-electron chi connectivity index (χ2n) is 5.28. The molecular formula is C14H26N4OS. The van der Waals surface area contributed by atoms with E-state index in [4.69, 9.17) is 15.5 Å². The van der Waals surface area contributed by atoms with Crippen LogP contribution in [0, 0.1) is 0 Å². The van der Waals surface area contributed by atoms with Gasteiger partial charge in [0.05, 0.1) is 12.3 Å². The fourth-order valence-electron chi connectivity index (χ4n) is 2.71. The molecule has 0 unspecified atom stereocenters. The van der Waals surface area contributed by atoms with E-state index < -0.39 is 0 Å². The molecule has 0 spiro atoms. The van der Waals surface area contributed by atoms with Crippen molar-refractivity contribution in [3.8, 4) is 0 Å². The zero-order chi connectivity index (χ0) is 14.5. The summed E-state index contributed by atoms with van der Waals surface area (Å²) in [6.07, 6.45) is 2.42. The number of ether oxygens (including phenoxy) is 1. The third-order valence-corrected chi connectivity index (χ3v) is 5.30. The van der Waals surface area contributed by atoms with Crippen LogP contribution in [0.4, 0.5) is 5.13 Å². The number of hydrogen-bond acceptors (Lipinski definition) is 6. The molecule has 6 heteroatoms. The summed E-state index contributed by atoms with van der Waals surface area (Å²) < 4.78 is 5.20. The lowest BCUT2D eigenvalue weighted by molar-refractivity contribution is 0.181. The van der Waals surface area contributed by atoms with E-state index in [9.17, 15) is 0 Å². The van der Waals surface area contributed by atoms with Crippen LogP contribution in [-0.4, -0.2) is 49.7 Å². The smallest absolute Gasteiger partial charge is 0.185 e. The molecule has 2 N–H and O–H groups in total. The number of anilines is 1. The first kappa shape index (κ1) is 15.7. The molecular weight excluding hydrogens is 272 g/mol. The van der Waals surface area contributed by atoms with E-state index in [1.165, 1.54) is 25.9 Å². The van der Waals surface area contributed by atoms with Gasteiger partial charge in [-0.1, -0.05) is 6.92 Å². The monoisotopic (exact) mass is 298 g/mol. The summed E-state index contributed by atoms with van der Waals surface area (Å²) in [5, 5.41) is 1.08. The third-order valence-electron chi connectivity index (χ3n) is 4.09. The molecule has 1 aliphatic heterocycles. The van der Waals surface area contributed by atoms with Gasteiger partial charge in [-0.15, -0.1) is 11.3 Å². The highest BCUT2D eigenvalue weighted by atomic mass is 32.1. The van der Waals surface area contributed by atoms with Gasteiger partial charge in [-0.2, -0.15) is 0 Å². The molecule has 2 rings (SSSR count). The van der Waals surface area contributed by atoms with Crippen LogP contribution in [-0.2, 0) is 17.9 Å². The molecule has 114 valence electrons. The van der Waals surface area contributed by atoms with Crippen molar-refractivity contribution in [3.63, 3.8) is 0 Å². The van der Waals surface area contributed by atoms with Crippen molar-refractivity contribution in [1.29, 1.82) is 0 Å². The lowest BCUT2D eigenvalue weighted by atomic mass is 10.0. The summed E-state index contributed by atoms with van der Waals surface area (Å²) in [7, 11) is 3.85. The van der Waals surface area contributed by atoms with Gasteiger partial charge in [0.25, 0.3) is 0 Å². The van der Waals surface area contributed by atoms with Crippen molar-refractivity contribution < 1.29 is 4.74 Å². The van der Waals surface area contributed by atoms with E-state index in [1.807, 2.05) is 0 Å². The largest absolute Gasteiger partial charge is 0.378 e. The normalized spacial score (nSPS) is 17.6. The van der Waals surface area contributed by atoms with E-state index in [-0.39, 0.29) is 0 Å². The molecule has 20 heavy (non-hydrogen) atoms. The van der Waals surface area contributed by atoms with E-state index in [0.29, 0.717) is 19.2 Å². The van der Waals surface area contributed by atoms with Gasteiger partial charge in [0, 0.05) is 44.7 Å². The van der Waals surface area contributed by atoms with Crippen LogP contribution in [0.2, 0.25) is 0 Å². The molecule has 0 aromatic carbocycles. The maximum atomic E-state index is 5.80. The molecule has 1 aromatic rings. The van der Waals surface area contributed by atoms with E-state index >= 15 is 0 Å². The molecule has 0 atom stereocenters. The number of hydrogen-bond donors (Lipinski definition) is 1. The molecule has 0 amide bonds. The number of likely N-dealkylation sites (tertiary alicyclic amines) is 1. The Morgan fingerprint density at radius 1 is 1.45 bits per heavy atom. The van der Waals surface area contributed by atoms with Crippen molar-refractivity contribution >= 4 is 16.5 Å². The Bertz CT molecular complexity index is 415. The number of nitrogens with two attached hydrogens (primary N) is 1. The molecule has 0 aliphatic carbocycles. The highest BCUT2D eigenvalue weighted by Gasteiger charge is 2.24. The zero-order valence-corrected chi connectivity index (χ0v) is 13.6. The number of methoxy groups -OCH3 is 1. The third kappa shape index (κ3) is 3.49. The van der Waals surface area contributed by atoms with Crippen molar-refractivity contribution in [1.82, 2.24) is 9.88 Å². The van der Waals surface area contributed by atoms with Gasteiger partial charge in [0.15, 0.2) is 5.13 Å². The van der Waals surface area contributed by atoms with Crippen LogP contribution >= 0.6 is 11.3 Å². The fourth-order valence-corrected chi connectivity index (χ4v) is 3.68. The number of aromatic nitrogens is 1. The quantitative estimate of drug-likeness (QED) is 0.866. The van der Waals surface area contributed by atoms with E-state index in [0.717, 1.165) is 22.2 Å². The van der Waals surface area contributed by atoms with Gasteiger partial charge in [0.1, 0.15) is 0 Å². The van der Waals surface area contributed by atoms with Crippen LogP contribution in [0.3, 0.4) is 0 Å². The van der Waals surface area contributed by atoms with Crippen LogP contribution in [0.5, 0.6) is 0 Å². The molecule has 1 fully saturated rings. The first-order valence-corrected chi connectivity index (χ1v) is 8.14. The minimum absolute atomic E-state index is 0.540. The second-order valence-corrected chi connectivity index (χ2v) is 6.34. The predicted molar refractivity (Wildman–Crippen MR) is 84.3 cm³/mol. The van der Waals surface area contributed by atoms with Crippen molar-refractivity contribution in [2.45, 2.75) is 39.0 Å². The van der Waals surface area contributed by atoms with E-state index in [1.54, 1.807) is 18.4 Å². The SMILES string of the molecule is CCN1CCC(N(C)c2nc(COC)c(CN)s2)CC1. The standard InChI is InChI=1S/C14H26N4OS/c1-4-18-7-5-11(6-8-18)17(2)14-16-12(10-19-3)13(9-15)20-14/h11H,4-10,15H2,1-3H3. The summed E-state index contributed by atoms with van der Waals surface area (Å²) in [6, 6.07) is 0.588. The minimum atomic E-state index is 0.540. The van der Waals surface area contributed by atoms with Crippen LogP contribution in [0.15, 0.2) is 0 Å². The summed E-state index contributed by atoms with van der Waals surface area (Å²) in [4.78, 5) is 10.7. The molecule has 0 bridgehead atoms. The average Bonchev–Trinajstić information content (AvgIpc) is 2.90. The summed E-state index contributed by atoms with van der Waals surface area (Å²) in [6.45, 7) is 6.85. The van der Waals surface area contributed by atoms with Crippen LogP contribution < -0.4 is 10.6 Å². The highest BCUT2D eigenvalue weighted by molar-refractivity contribution is 7.15. The van der Waals surface area contributed by atoms with Gasteiger partial charge < -0.3 is 20.3 Å². The minimum Gasteiger partial charge on any atom is -0.378 e. The summed E-state index contributed by atoms with van der Waals surface area (Å²) >= 11 is 1.70. The molecule has 1 aliphatic rings. The maximum Gasteiger partial charge on any atom is 0.185 e. The molecule has 5 nitrogen and oxygen atoms in total. The lowest BCUT2D eigenvalue weighted by Crippen LogP contribution is -2.43. The van der Waals surface area contributed by atoms with E-state index in [2.05, 4.69) is 23.8 Å². The lowest BCUT2D eigenvalue weighted by Gasteiger charge is -2.36. The highest BCUT2D eigenvalue weighted by Crippen LogP contribution is 2.29. The Kier molecular flexibility index (Phi) is 5.77. The van der Waals surface area contributed by atoms with Gasteiger partial charge in [-0.3, -0.25) is 0 Å². The zero-order valence-electron chi connectivity index (χ0n) is 12.8. The Labute approximate surface area is 125 Å². The van der Waals surface area contributed by atoms with Crippen molar-refractivity contribution in [3.05, 3.63) is 10.6 Å². The van der Waals surface area contributed by atoms with Gasteiger partial charge in [-0.05, 0) is 19.4 Å². The second kappa shape index (κ2) is 7.36. The number of nitrogens with zero attached hydrogens (tertiary/aromatic N) is 3. The first-order valence-electron chi connectivity index (χ1n) is 7.32. The molecule has 1 saturated heterocycles. The summed E-state index contributed by atoms with van der Waals surface area (Å²) in [5.41, 5.74) is 6.79. The van der Waals surface area contributed by atoms with Crippen molar-refractivity contribution in [2.75, 3.05) is 38.7 Å². The van der Waals surface area contributed by atoms with Crippen LogP contribution in [0.25, 0.3) is 0 Å². The Balaban J connectivity index is 2.03. The Morgan fingerprint density at radius 2 is 2.15 bits per heavy atom. The number of rotatable bonds is 6.